The number of carbonyl (C=O) groups excluding carboxylic acids is 1. The van der Waals surface area contributed by atoms with Crippen LogP contribution in [-0.4, -0.2) is 43.9 Å². The molecule has 0 aliphatic carbocycles. The average Bonchev–Trinajstić information content (AvgIpc) is 3.05. The van der Waals surface area contributed by atoms with Crippen LogP contribution >= 0.6 is 0 Å². The number of ether oxygens (including phenoxy) is 1. The van der Waals surface area contributed by atoms with E-state index in [1.54, 1.807) is 7.11 Å². The van der Waals surface area contributed by atoms with Gasteiger partial charge < -0.3 is 20.3 Å². The van der Waals surface area contributed by atoms with Crippen molar-refractivity contribution in [2.45, 2.75) is 39.3 Å². The summed E-state index contributed by atoms with van der Waals surface area (Å²) in [6.45, 7) is 6.97. The van der Waals surface area contributed by atoms with Crippen molar-refractivity contribution in [3.8, 4) is 0 Å². The molecular weight excluding hydrogens is 280 g/mol. The summed E-state index contributed by atoms with van der Waals surface area (Å²) >= 11 is 0. The summed E-state index contributed by atoms with van der Waals surface area (Å²) in [4.78, 5) is 18.8. The van der Waals surface area contributed by atoms with E-state index in [0.29, 0.717) is 13.1 Å². The summed E-state index contributed by atoms with van der Waals surface area (Å²) in [6, 6.07) is 3.85. The van der Waals surface area contributed by atoms with Crippen LogP contribution in [0.4, 0.5) is 10.6 Å². The Labute approximate surface area is 132 Å². The number of aromatic nitrogens is 1. The second-order valence-corrected chi connectivity index (χ2v) is 5.74. The van der Waals surface area contributed by atoms with Gasteiger partial charge in [0.1, 0.15) is 5.82 Å². The van der Waals surface area contributed by atoms with Crippen LogP contribution in [0.2, 0.25) is 0 Å². The molecule has 6 heteroatoms. The van der Waals surface area contributed by atoms with Gasteiger partial charge in [0.25, 0.3) is 0 Å². The number of hydrogen-bond donors (Lipinski definition) is 2. The molecule has 1 saturated heterocycles. The standard InChI is InChI=1S/C16H26N4O2/c1-12-6-7-14(15(19-12)20-8-4-5-9-20)11-18-16(21)17-10-13(2)22-3/h6-7,13H,4-5,8-11H2,1-3H3,(H2,17,18,21)/t13-/m1/s1. The number of rotatable bonds is 6. The van der Waals surface area contributed by atoms with Crippen molar-refractivity contribution in [2.75, 3.05) is 31.6 Å². The van der Waals surface area contributed by atoms with Crippen molar-refractivity contribution in [3.05, 3.63) is 23.4 Å². The Kier molecular flexibility index (Phi) is 6.00. The van der Waals surface area contributed by atoms with Crippen molar-refractivity contribution in [1.29, 1.82) is 0 Å². The summed E-state index contributed by atoms with van der Waals surface area (Å²) in [5.41, 5.74) is 2.06. The van der Waals surface area contributed by atoms with Crippen molar-refractivity contribution in [2.24, 2.45) is 0 Å². The second kappa shape index (κ2) is 7.98. The van der Waals surface area contributed by atoms with Crippen LogP contribution in [0.1, 0.15) is 31.0 Å². The number of nitrogens with one attached hydrogen (secondary N) is 2. The molecule has 0 unspecified atom stereocenters. The van der Waals surface area contributed by atoms with Crippen LogP contribution in [0.25, 0.3) is 0 Å². The zero-order valence-corrected chi connectivity index (χ0v) is 13.7. The van der Waals surface area contributed by atoms with E-state index in [9.17, 15) is 4.79 Å². The molecule has 1 aromatic heterocycles. The lowest BCUT2D eigenvalue weighted by atomic mass is 10.2. The van der Waals surface area contributed by atoms with E-state index < -0.39 is 0 Å². The highest BCUT2D eigenvalue weighted by Gasteiger charge is 2.17. The van der Waals surface area contributed by atoms with Crippen LogP contribution in [0, 0.1) is 6.92 Å². The highest BCUT2D eigenvalue weighted by Crippen LogP contribution is 2.22. The number of hydrogen-bond acceptors (Lipinski definition) is 4. The minimum absolute atomic E-state index is 0.00644. The Hall–Kier alpha value is -1.82. The van der Waals surface area contributed by atoms with Gasteiger partial charge in [-0.25, -0.2) is 9.78 Å². The van der Waals surface area contributed by atoms with Crippen LogP contribution < -0.4 is 15.5 Å². The number of nitrogens with zero attached hydrogens (tertiary/aromatic N) is 2. The lowest BCUT2D eigenvalue weighted by Gasteiger charge is -2.21. The first-order valence-corrected chi connectivity index (χ1v) is 7.86. The number of urea groups is 1. The fraction of sp³-hybridized carbons (Fsp3) is 0.625. The maximum absolute atomic E-state index is 11.8. The van der Waals surface area contributed by atoms with Gasteiger partial charge in [-0.1, -0.05) is 6.07 Å². The topological polar surface area (TPSA) is 66.5 Å². The molecule has 1 aliphatic rings. The van der Waals surface area contributed by atoms with E-state index in [1.165, 1.54) is 12.8 Å². The SMILES string of the molecule is CO[C@H](C)CNC(=O)NCc1ccc(C)nc1N1CCCC1. The van der Waals surface area contributed by atoms with Gasteiger partial charge in [0.05, 0.1) is 6.10 Å². The van der Waals surface area contributed by atoms with E-state index in [1.807, 2.05) is 26.0 Å². The predicted octanol–water partition coefficient (Wildman–Crippen LogP) is 1.82. The first-order chi connectivity index (χ1) is 10.6. The largest absolute Gasteiger partial charge is 0.380 e. The first kappa shape index (κ1) is 16.5. The molecule has 0 aromatic carbocycles. The number of pyridine rings is 1. The first-order valence-electron chi connectivity index (χ1n) is 7.86. The Morgan fingerprint density at radius 1 is 1.36 bits per heavy atom. The molecule has 2 rings (SSSR count). The molecule has 6 nitrogen and oxygen atoms in total. The van der Waals surface area contributed by atoms with Crippen LogP contribution in [0.15, 0.2) is 12.1 Å². The van der Waals surface area contributed by atoms with Gasteiger partial charge in [-0.2, -0.15) is 0 Å². The molecule has 0 bridgehead atoms. The minimum atomic E-state index is -0.183. The molecule has 1 atom stereocenters. The molecule has 1 aliphatic heterocycles. The quantitative estimate of drug-likeness (QED) is 0.841. The van der Waals surface area contributed by atoms with E-state index in [-0.39, 0.29) is 12.1 Å². The average molecular weight is 306 g/mol. The number of methoxy groups -OCH3 is 1. The van der Waals surface area contributed by atoms with Crippen LogP contribution in [0.5, 0.6) is 0 Å². The number of anilines is 1. The van der Waals surface area contributed by atoms with Gasteiger partial charge in [0, 0.05) is 44.5 Å². The van der Waals surface area contributed by atoms with Gasteiger partial charge in [-0.3, -0.25) is 0 Å². The summed E-state index contributed by atoms with van der Waals surface area (Å²) in [5.74, 6) is 1.00. The smallest absolute Gasteiger partial charge is 0.315 e. The fourth-order valence-electron chi connectivity index (χ4n) is 2.47. The number of aryl methyl sites for hydroxylation is 1. The van der Waals surface area contributed by atoms with E-state index in [4.69, 9.17) is 4.74 Å². The molecule has 1 aromatic rings. The van der Waals surface area contributed by atoms with Crippen molar-refractivity contribution in [3.63, 3.8) is 0 Å². The van der Waals surface area contributed by atoms with Gasteiger partial charge in [0.2, 0.25) is 0 Å². The summed E-state index contributed by atoms with van der Waals surface area (Å²) in [6.07, 6.45) is 2.42. The summed E-state index contributed by atoms with van der Waals surface area (Å²) in [7, 11) is 1.63. The number of amides is 2. The molecule has 1 fully saturated rings. The Morgan fingerprint density at radius 2 is 2.09 bits per heavy atom. The molecule has 122 valence electrons. The Balaban J connectivity index is 1.93. The lowest BCUT2D eigenvalue weighted by molar-refractivity contribution is 0.118. The van der Waals surface area contributed by atoms with E-state index >= 15 is 0 Å². The predicted molar refractivity (Wildman–Crippen MR) is 87.1 cm³/mol. The molecule has 22 heavy (non-hydrogen) atoms. The lowest BCUT2D eigenvalue weighted by Crippen LogP contribution is -2.39. The maximum Gasteiger partial charge on any atom is 0.315 e. The molecular formula is C16H26N4O2. The monoisotopic (exact) mass is 306 g/mol. The highest BCUT2D eigenvalue weighted by molar-refractivity contribution is 5.74. The van der Waals surface area contributed by atoms with E-state index in [2.05, 4.69) is 20.5 Å². The Morgan fingerprint density at radius 3 is 2.77 bits per heavy atom. The van der Waals surface area contributed by atoms with Crippen molar-refractivity contribution in [1.82, 2.24) is 15.6 Å². The molecule has 0 saturated carbocycles. The third kappa shape index (κ3) is 4.59. The summed E-state index contributed by atoms with van der Waals surface area (Å²) < 4.78 is 5.10. The van der Waals surface area contributed by atoms with Crippen molar-refractivity contribution >= 4 is 11.8 Å². The third-order valence-corrected chi connectivity index (χ3v) is 3.89. The van der Waals surface area contributed by atoms with Gasteiger partial charge in [0.15, 0.2) is 0 Å². The molecule has 2 amide bonds. The zero-order chi connectivity index (χ0) is 15.9. The highest BCUT2D eigenvalue weighted by atomic mass is 16.5. The molecule has 0 radical (unpaired) electrons. The summed E-state index contributed by atoms with van der Waals surface area (Å²) in [5, 5.41) is 5.68. The van der Waals surface area contributed by atoms with Gasteiger partial charge in [-0.05, 0) is 32.8 Å². The Bertz CT molecular complexity index is 501. The molecule has 2 N–H and O–H groups in total. The molecule has 0 spiro atoms. The second-order valence-electron chi connectivity index (χ2n) is 5.74. The van der Waals surface area contributed by atoms with Crippen LogP contribution in [0.3, 0.4) is 0 Å². The minimum Gasteiger partial charge on any atom is -0.380 e. The third-order valence-electron chi connectivity index (χ3n) is 3.89. The van der Waals surface area contributed by atoms with Crippen LogP contribution in [-0.2, 0) is 11.3 Å². The fourth-order valence-corrected chi connectivity index (χ4v) is 2.47. The maximum atomic E-state index is 11.8. The van der Waals surface area contributed by atoms with E-state index in [0.717, 1.165) is 30.2 Å². The normalized spacial score (nSPS) is 15.7. The molecule has 2 heterocycles. The zero-order valence-electron chi connectivity index (χ0n) is 13.7. The number of carbonyl (C=O) groups is 1. The van der Waals surface area contributed by atoms with Gasteiger partial charge in [-0.15, -0.1) is 0 Å². The van der Waals surface area contributed by atoms with Crippen molar-refractivity contribution < 1.29 is 9.53 Å². The van der Waals surface area contributed by atoms with Gasteiger partial charge >= 0.3 is 6.03 Å².